The molecule has 0 bridgehead atoms. The van der Waals surface area contributed by atoms with E-state index in [-0.39, 0.29) is 5.91 Å². The van der Waals surface area contributed by atoms with Crippen LogP contribution in [-0.4, -0.2) is 5.91 Å². The van der Waals surface area contributed by atoms with Crippen LogP contribution in [-0.2, 0) is 6.54 Å². The lowest BCUT2D eigenvalue weighted by atomic mass is 10.1. The minimum atomic E-state index is -0.0550. The van der Waals surface area contributed by atoms with E-state index in [4.69, 9.17) is 11.6 Å². The summed E-state index contributed by atoms with van der Waals surface area (Å²) in [5, 5.41) is 3.35. The number of nitrogens with one attached hydrogen (secondary N) is 1. The summed E-state index contributed by atoms with van der Waals surface area (Å²) in [6.07, 6.45) is 1.68. The van der Waals surface area contributed by atoms with Gasteiger partial charge in [0.2, 0.25) is 0 Å². The van der Waals surface area contributed by atoms with Crippen molar-refractivity contribution < 1.29 is 4.79 Å². The maximum atomic E-state index is 11.3. The lowest BCUT2D eigenvalue weighted by Gasteiger charge is -2.00. The van der Waals surface area contributed by atoms with Crippen LogP contribution in [0, 0.1) is 0 Å². The second-order valence-electron chi connectivity index (χ2n) is 2.92. The van der Waals surface area contributed by atoms with Crippen molar-refractivity contribution in [2.24, 2.45) is 0 Å². The molecule has 0 unspecified atom stereocenters. The summed E-state index contributed by atoms with van der Waals surface area (Å²) >= 11 is 5.98. The highest BCUT2D eigenvalue weighted by atomic mass is 35.5. The van der Waals surface area contributed by atoms with Gasteiger partial charge in [0.15, 0.2) is 0 Å². The molecule has 0 spiro atoms. The van der Waals surface area contributed by atoms with E-state index in [9.17, 15) is 4.79 Å². The molecule has 1 aliphatic heterocycles. The average molecular weight is 194 g/mol. The Balaban J connectivity index is 2.66. The second kappa shape index (κ2) is 2.89. The van der Waals surface area contributed by atoms with Gasteiger partial charge in [0.05, 0.1) is 0 Å². The zero-order chi connectivity index (χ0) is 9.42. The molecule has 0 atom stereocenters. The van der Waals surface area contributed by atoms with Gasteiger partial charge in [0, 0.05) is 22.7 Å². The lowest BCUT2D eigenvalue weighted by Crippen LogP contribution is -2.12. The first-order chi connectivity index (χ1) is 6.22. The third kappa shape index (κ3) is 1.23. The predicted octanol–water partition coefficient (Wildman–Crippen LogP) is 2.23. The van der Waals surface area contributed by atoms with Crippen LogP contribution in [0.2, 0.25) is 5.02 Å². The fourth-order valence-corrected chi connectivity index (χ4v) is 1.72. The number of rotatable bonds is 1. The molecule has 66 valence electrons. The lowest BCUT2D eigenvalue weighted by molar-refractivity contribution is 0.0966. The minimum Gasteiger partial charge on any atom is -0.348 e. The first kappa shape index (κ1) is 8.32. The fraction of sp³-hybridized carbons (Fsp3) is 0.100. The van der Waals surface area contributed by atoms with Gasteiger partial charge in [0.1, 0.15) is 0 Å². The third-order valence-electron chi connectivity index (χ3n) is 2.12. The standard InChI is InChI=1S/C10H8ClNO/c1-2-6-3-7-8(9(11)4-6)5-12-10(7)13/h2-4H,1,5H2,(H,12,13). The minimum absolute atomic E-state index is 0.0550. The van der Waals surface area contributed by atoms with Gasteiger partial charge in [0.25, 0.3) is 5.91 Å². The number of halogens is 1. The topological polar surface area (TPSA) is 29.1 Å². The van der Waals surface area contributed by atoms with Crippen LogP contribution in [0.1, 0.15) is 21.5 Å². The van der Waals surface area contributed by atoms with Gasteiger partial charge in [-0.05, 0) is 17.7 Å². The molecule has 2 nitrogen and oxygen atoms in total. The Kier molecular flexibility index (Phi) is 1.85. The van der Waals surface area contributed by atoms with Gasteiger partial charge < -0.3 is 5.32 Å². The summed E-state index contributed by atoms with van der Waals surface area (Å²) in [7, 11) is 0. The van der Waals surface area contributed by atoms with Gasteiger partial charge in [-0.25, -0.2) is 0 Å². The summed E-state index contributed by atoms with van der Waals surface area (Å²) in [6.45, 7) is 4.16. The normalized spacial score (nSPS) is 13.8. The Bertz CT molecular complexity index is 398. The largest absolute Gasteiger partial charge is 0.348 e. The molecule has 13 heavy (non-hydrogen) atoms. The van der Waals surface area contributed by atoms with Crippen LogP contribution in [0.3, 0.4) is 0 Å². The Morgan fingerprint density at radius 2 is 2.31 bits per heavy atom. The molecular weight excluding hydrogens is 186 g/mol. The van der Waals surface area contributed by atoms with Gasteiger partial charge in [-0.2, -0.15) is 0 Å². The maximum Gasteiger partial charge on any atom is 0.251 e. The number of amides is 1. The van der Waals surface area contributed by atoms with Crippen molar-refractivity contribution in [3.63, 3.8) is 0 Å². The van der Waals surface area contributed by atoms with E-state index in [2.05, 4.69) is 11.9 Å². The molecule has 1 aromatic rings. The van der Waals surface area contributed by atoms with Crippen LogP contribution in [0.25, 0.3) is 6.08 Å². The Morgan fingerprint density at radius 3 is 3.00 bits per heavy atom. The molecule has 1 heterocycles. The summed E-state index contributed by atoms with van der Waals surface area (Å²) in [5.41, 5.74) is 2.43. The number of carbonyl (C=O) groups excluding carboxylic acids is 1. The molecule has 0 aromatic heterocycles. The first-order valence-electron chi connectivity index (χ1n) is 3.95. The second-order valence-corrected chi connectivity index (χ2v) is 3.32. The molecule has 1 aliphatic rings. The third-order valence-corrected chi connectivity index (χ3v) is 2.46. The summed E-state index contributed by atoms with van der Waals surface area (Å²) in [5.74, 6) is -0.0550. The van der Waals surface area contributed by atoms with Crippen molar-refractivity contribution >= 4 is 23.6 Å². The van der Waals surface area contributed by atoms with E-state index in [1.54, 1.807) is 12.1 Å². The average Bonchev–Trinajstić information content (AvgIpc) is 2.48. The number of carbonyl (C=O) groups is 1. The monoisotopic (exact) mass is 193 g/mol. The first-order valence-corrected chi connectivity index (χ1v) is 4.33. The molecule has 1 aromatic carbocycles. The van der Waals surface area contributed by atoms with E-state index in [0.29, 0.717) is 17.1 Å². The van der Waals surface area contributed by atoms with Crippen LogP contribution in [0.5, 0.6) is 0 Å². The van der Waals surface area contributed by atoms with Crippen molar-refractivity contribution in [3.05, 3.63) is 40.4 Å². The summed E-state index contributed by atoms with van der Waals surface area (Å²) < 4.78 is 0. The van der Waals surface area contributed by atoms with Crippen molar-refractivity contribution in [1.29, 1.82) is 0 Å². The van der Waals surface area contributed by atoms with Crippen LogP contribution in [0.15, 0.2) is 18.7 Å². The number of hydrogen-bond donors (Lipinski definition) is 1. The molecular formula is C10H8ClNO. The van der Waals surface area contributed by atoms with E-state index in [1.165, 1.54) is 0 Å². The summed E-state index contributed by atoms with van der Waals surface area (Å²) in [4.78, 5) is 11.3. The molecule has 3 heteroatoms. The summed E-state index contributed by atoms with van der Waals surface area (Å²) in [6, 6.07) is 3.62. The van der Waals surface area contributed by atoms with Gasteiger partial charge >= 0.3 is 0 Å². The molecule has 0 aliphatic carbocycles. The number of benzene rings is 1. The highest BCUT2D eigenvalue weighted by Crippen LogP contribution is 2.26. The van der Waals surface area contributed by atoms with Crippen molar-refractivity contribution in [3.8, 4) is 0 Å². The highest BCUT2D eigenvalue weighted by Gasteiger charge is 2.21. The Labute approximate surface area is 81.2 Å². The van der Waals surface area contributed by atoms with Crippen LogP contribution >= 0.6 is 11.6 Å². The van der Waals surface area contributed by atoms with E-state index < -0.39 is 0 Å². The molecule has 0 saturated heterocycles. The zero-order valence-corrected chi connectivity index (χ0v) is 7.69. The smallest absolute Gasteiger partial charge is 0.251 e. The molecule has 0 fully saturated rings. The van der Waals surface area contributed by atoms with Crippen molar-refractivity contribution in [1.82, 2.24) is 5.32 Å². The van der Waals surface area contributed by atoms with Gasteiger partial charge in [-0.3, -0.25) is 4.79 Å². The highest BCUT2D eigenvalue weighted by molar-refractivity contribution is 6.32. The Morgan fingerprint density at radius 1 is 1.54 bits per heavy atom. The van der Waals surface area contributed by atoms with Crippen molar-refractivity contribution in [2.75, 3.05) is 0 Å². The molecule has 1 N–H and O–H groups in total. The van der Waals surface area contributed by atoms with E-state index in [1.807, 2.05) is 6.07 Å². The fourth-order valence-electron chi connectivity index (χ4n) is 1.42. The zero-order valence-electron chi connectivity index (χ0n) is 6.93. The van der Waals surface area contributed by atoms with Crippen molar-refractivity contribution in [2.45, 2.75) is 6.54 Å². The molecule has 2 rings (SSSR count). The van der Waals surface area contributed by atoms with E-state index >= 15 is 0 Å². The molecule has 0 saturated carbocycles. The predicted molar refractivity (Wildman–Crippen MR) is 52.7 cm³/mol. The van der Waals surface area contributed by atoms with Crippen LogP contribution < -0.4 is 5.32 Å². The van der Waals surface area contributed by atoms with Crippen LogP contribution in [0.4, 0.5) is 0 Å². The molecule has 1 amide bonds. The maximum absolute atomic E-state index is 11.3. The molecule has 0 radical (unpaired) electrons. The Hall–Kier alpha value is -1.28. The number of fused-ring (bicyclic) bond motifs is 1. The van der Waals surface area contributed by atoms with E-state index in [0.717, 1.165) is 11.1 Å². The van der Waals surface area contributed by atoms with Gasteiger partial charge in [-0.1, -0.05) is 24.3 Å². The number of hydrogen-bond acceptors (Lipinski definition) is 1. The quantitative estimate of drug-likeness (QED) is 0.728. The SMILES string of the molecule is C=Cc1cc(Cl)c2c(c1)C(=O)NC2. The van der Waals surface area contributed by atoms with Gasteiger partial charge in [-0.15, -0.1) is 0 Å².